The molecule has 0 spiro atoms. The summed E-state index contributed by atoms with van der Waals surface area (Å²) in [7, 11) is -3.67. The third-order valence-electron chi connectivity index (χ3n) is 6.71. The maximum atomic E-state index is 12.7. The van der Waals surface area contributed by atoms with Gasteiger partial charge in [0.2, 0.25) is 5.91 Å². The van der Waals surface area contributed by atoms with Gasteiger partial charge < -0.3 is 9.64 Å². The zero-order chi connectivity index (χ0) is 23.0. The van der Waals surface area contributed by atoms with Crippen LogP contribution in [0.3, 0.4) is 0 Å². The minimum Gasteiger partial charge on any atom is -0.443 e. The molecule has 0 bridgehead atoms. The van der Waals surface area contributed by atoms with E-state index in [2.05, 4.69) is 12.1 Å². The molecule has 2 atom stereocenters. The number of hydrogen-bond acceptors (Lipinski definition) is 5. The monoisotopic (exact) mass is 466 g/mol. The van der Waals surface area contributed by atoms with Gasteiger partial charge in [0.1, 0.15) is 11.9 Å². The topological polar surface area (TPSA) is 84.0 Å². The average molecular weight is 467 g/mol. The van der Waals surface area contributed by atoms with Gasteiger partial charge in [-0.05, 0) is 35.6 Å². The summed E-state index contributed by atoms with van der Waals surface area (Å²) in [5.74, 6) is -0.954. The molecule has 2 aliphatic heterocycles. The molecule has 0 saturated carbocycles. The van der Waals surface area contributed by atoms with E-state index in [4.69, 9.17) is 4.74 Å². The van der Waals surface area contributed by atoms with Gasteiger partial charge in [0.25, 0.3) is 0 Å². The Balaban J connectivity index is 1.20. The first-order valence-electron chi connectivity index (χ1n) is 11.2. The third-order valence-corrected chi connectivity index (χ3v) is 7.91. The second kappa shape index (κ2) is 8.67. The van der Waals surface area contributed by atoms with Crippen LogP contribution in [0.1, 0.15) is 35.6 Å². The smallest absolute Gasteiger partial charge is 0.411 e. The minimum atomic E-state index is -3.67. The van der Waals surface area contributed by atoms with Crippen LogP contribution < -0.4 is 0 Å². The highest BCUT2D eigenvalue weighted by Gasteiger charge is 2.50. The first kappa shape index (κ1) is 21.7. The Bertz CT molecular complexity index is 1190. The number of carbonyl (C=O) groups is 2. The van der Waals surface area contributed by atoms with Crippen molar-refractivity contribution in [2.45, 2.75) is 37.5 Å². The molecule has 2 heterocycles. The summed E-state index contributed by atoms with van der Waals surface area (Å²) >= 11 is 0. The van der Waals surface area contributed by atoms with Crippen molar-refractivity contribution in [3.05, 3.63) is 76.7 Å². The SMILES string of the molecule is O=C(CS(=O)(=O)C=Cc1ccccc1)N1CCC(N2C(=O)OC3Cc4ccccc4C32)CC1. The molecule has 7 nitrogen and oxygen atoms in total. The summed E-state index contributed by atoms with van der Waals surface area (Å²) in [6, 6.07) is 17.1. The Hall–Kier alpha value is -3.13. The molecule has 2 amide bonds. The van der Waals surface area contributed by atoms with Crippen LogP contribution >= 0.6 is 0 Å². The molecule has 1 aliphatic carbocycles. The maximum Gasteiger partial charge on any atom is 0.411 e. The van der Waals surface area contributed by atoms with Gasteiger partial charge in [-0.25, -0.2) is 13.2 Å². The van der Waals surface area contributed by atoms with Gasteiger partial charge >= 0.3 is 6.09 Å². The molecular formula is C25H26N2O5S. The van der Waals surface area contributed by atoms with Gasteiger partial charge in [0, 0.05) is 31.0 Å². The van der Waals surface area contributed by atoms with Crippen molar-refractivity contribution >= 4 is 27.9 Å². The number of benzene rings is 2. The van der Waals surface area contributed by atoms with Crippen molar-refractivity contribution in [1.29, 1.82) is 0 Å². The lowest BCUT2D eigenvalue weighted by atomic mass is 9.99. The molecule has 2 aromatic rings. The molecule has 172 valence electrons. The van der Waals surface area contributed by atoms with Crippen LogP contribution in [-0.2, 0) is 25.8 Å². The van der Waals surface area contributed by atoms with Gasteiger partial charge in [0.05, 0.1) is 6.04 Å². The quantitative estimate of drug-likeness (QED) is 0.676. The molecular weight excluding hydrogens is 440 g/mol. The molecule has 2 aromatic carbocycles. The summed E-state index contributed by atoms with van der Waals surface area (Å²) in [5, 5.41) is 1.10. The number of amides is 2. The van der Waals surface area contributed by atoms with Gasteiger partial charge in [-0.3, -0.25) is 9.69 Å². The first-order valence-corrected chi connectivity index (χ1v) is 12.9. The Morgan fingerprint density at radius 2 is 1.73 bits per heavy atom. The third kappa shape index (κ3) is 4.39. The molecule has 3 aliphatic rings. The number of nitrogens with zero attached hydrogens (tertiary/aromatic N) is 2. The van der Waals surface area contributed by atoms with Crippen molar-refractivity contribution in [1.82, 2.24) is 9.80 Å². The van der Waals surface area contributed by atoms with Crippen molar-refractivity contribution < 1.29 is 22.7 Å². The fraction of sp³-hybridized carbons (Fsp3) is 0.360. The van der Waals surface area contributed by atoms with Crippen LogP contribution in [0.2, 0.25) is 0 Å². The summed E-state index contributed by atoms with van der Waals surface area (Å²) in [6.07, 6.45) is 2.99. The number of hydrogen-bond donors (Lipinski definition) is 0. The van der Waals surface area contributed by atoms with Crippen LogP contribution in [0.5, 0.6) is 0 Å². The minimum absolute atomic E-state index is 0.0303. The van der Waals surface area contributed by atoms with E-state index in [1.807, 2.05) is 35.2 Å². The van der Waals surface area contributed by atoms with Crippen LogP contribution in [0, 0.1) is 0 Å². The van der Waals surface area contributed by atoms with Crippen molar-refractivity contribution in [2.75, 3.05) is 18.8 Å². The van der Waals surface area contributed by atoms with Crippen LogP contribution in [0.15, 0.2) is 60.0 Å². The molecule has 2 saturated heterocycles. The number of piperidine rings is 1. The Labute approximate surface area is 193 Å². The van der Waals surface area contributed by atoms with E-state index in [-0.39, 0.29) is 24.3 Å². The zero-order valence-electron chi connectivity index (χ0n) is 18.2. The molecule has 0 N–H and O–H groups in total. The standard InChI is InChI=1S/C25H26N2O5S/c28-23(17-33(30,31)15-12-18-6-2-1-3-7-18)26-13-10-20(11-14-26)27-24-21-9-5-4-8-19(21)16-22(24)32-25(27)29/h1-9,12,15,20,22,24H,10-11,13-14,16-17H2. The largest absolute Gasteiger partial charge is 0.443 e. The fourth-order valence-electron chi connectivity index (χ4n) is 5.10. The predicted octanol–water partition coefficient (Wildman–Crippen LogP) is 3.18. The van der Waals surface area contributed by atoms with Crippen LogP contribution in [0.25, 0.3) is 6.08 Å². The summed E-state index contributed by atoms with van der Waals surface area (Å²) in [4.78, 5) is 28.7. The summed E-state index contributed by atoms with van der Waals surface area (Å²) in [5.41, 5.74) is 3.12. The lowest BCUT2D eigenvalue weighted by Crippen LogP contribution is -2.48. The van der Waals surface area contributed by atoms with E-state index in [1.165, 1.54) is 11.6 Å². The van der Waals surface area contributed by atoms with Crippen LogP contribution in [0.4, 0.5) is 4.79 Å². The lowest BCUT2D eigenvalue weighted by molar-refractivity contribution is -0.129. The molecule has 33 heavy (non-hydrogen) atoms. The Morgan fingerprint density at radius 3 is 2.48 bits per heavy atom. The van der Waals surface area contributed by atoms with Crippen LogP contribution in [-0.4, -0.2) is 61.2 Å². The highest BCUT2D eigenvalue weighted by Crippen LogP contribution is 2.44. The molecule has 0 aromatic heterocycles. The summed E-state index contributed by atoms with van der Waals surface area (Å²) < 4.78 is 30.5. The number of rotatable bonds is 5. The zero-order valence-corrected chi connectivity index (χ0v) is 19.0. The predicted molar refractivity (Wildman–Crippen MR) is 124 cm³/mol. The number of carbonyl (C=O) groups excluding carboxylic acids is 2. The number of fused-ring (bicyclic) bond motifs is 3. The lowest BCUT2D eigenvalue weighted by Gasteiger charge is -2.37. The van der Waals surface area contributed by atoms with Crippen molar-refractivity contribution in [3.63, 3.8) is 0 Å². The molecule has 0 radical (unpaired) electrons. The van der Waals surface area contributed by atoms with Crippen molar-refractivity contribution in [3.8, 4) is 0 Å². The molecule has 8 heteroatoms. The van der Waals surface area contributed by atoms with E-state index < -0.39 is 21.5 Å². The highest BCUT2D eigenvalue weighted by atomic mass is 32.2. The number of ether oxygens (including phenoxy) is 1. The average Bonchev–Trinajstić information content (AvgIpc) is 3.32. The first-order chi connectivity index (χ1) is 15.9. The summed E-state index contributed by atoms with van der Waals surface area (Å²) in [6.45, 7) is 0.842. The van der Waals surface area contributed by atoms with Gasteiger partial charge in [-0.15, -0.1) is 0 Å². The highest BCUT2D eigenvalue weighted by molar-refractivity contribution is 7.95. The van der Waals surface area contributed by atoms with E-state index in [0.717, 1.165) is 23.0 Å². The van der Waals surface area contributed by atoms with Gasteiger partial charge in [-0.1, -0.05) is 54.6 Å². The second-order valence-corrected chi connectivity index (χ2v) is 10.7. The van der Waals surface area contributed by atoms with Gasteiger partial charge in [-0.2, -0.15) is 0 Å². The van der Waals surface area contributed by atoms with E-state index in [9.17, 15) is 18.0 Å². The fourth-order valence-corrected chi connectivity index (χ4v) is 6.09. The molecule has 5 rings (SSSR count). The number of likely N-dealkylation sites (tertiary alicyclic amines) is 1. The van der Waals surface area contributed by atoms with E-state index in [1.54, 1.807) is 17.0 Å². The number of sulfone groups is 1. The molecule has 2 unspecified atom stereocenters. The Kier molecular flexibility index (Phi) is 5.70. The second-order valence-electron chi connectivity index (χ2n) is 8.81. The van der Waals surface area contributed by atoms with E-state index >= 15 is 0 Å². The maximum absolute atomic E-state index is 12.7. The normalized spacial score (nSPS) is 23.0. The van der Waals surface area contributed by atoms with Crippen molar-refractivity contribution in [2.24, 2.45) is 0 Å². The molecule has 2 fully saturated rings. The van der Waals surface area contributed by atoms with E-state index in [0.29, 0.717) is 25.9 Å². The Morgan fingerprint density at radius 1 is 1.03 bits per heavy atom. The van der Waals surface area contributed by atoms with Gasteiger partial charge in [0.15, 0.2) is 9.84 Å².